The van der Waals surface area contributed by atoms with Crippen molar-refractivity contribution < 1.29 is 31.6 Å². The number of nitrogen functional groups attached to an aromatic ring is 1. The van der Waals surface area contributed by atoms with E-state index in [0.717, 1.165) is 96.1 Å². The second-order valence-electron chi connectivity index (χ2n) is 27.8. The van der Waals surface area contributed by atoms with Gasteiger partial charge in [0.25, 0.3) is 10.1 Å². The molecule has 4 aliphatic heterocycles. The molecule has 27 nitrogen and oxygen atoms in total. The van der Waals surface area contributed by atoms with Gasteiger partial charge in [0.1, 0.15) is 48.8 Å². The highest BCUT2D eigenvalue weighted by Crippen LogP contribution is 2.43. The number of methoxy groups -OCH3 is 2. The zero-order valence-corrected chi connectivity index (χ0v) is 69.0. The number of nitrogens with one attached hydrogen (secondary N) is 3. The van der Waals surface area contributed by atoms with E-state index in [1.54, 1.807) is 91.9 Å². The van der Waals surface area contributed by atoms with Crippen LogP contribution in [0.1, 0.15) is 42.4 Å². The summed E-state index contributed by atoms with van der Waals surface area (Å²) in [5, 5.41) is 28.4. The predicted molar refractivity (Wildman–Crippen MR) is 435 cm³/mol. The number of piperazine rings is 2. The number of anilines is 9. The minimum atomic E-state index is -4.02. The summed E-state index contributed by atoms with van der Waals surface area (Å²) in [7, 11) is 2.06. The topological polar surface area (TPSA) is 301 Å². The number of aryl methyl sites for hydroxylation is 5. The second kappa shape index (κ2) is 35.6. The number of benzene rings is 5. The second-order valence-corrected chi connectivity index (χ2v) is 37.7. The Bertz CT molecular complexity index is 4730. The van der Waals surface area contributed by atoms with Crippen LogP contribution in [0.15, 0.2) is 124 Å². The number of halogens is 3. The number of likely N-dealkylation sites (N-methyl/N-ethyl adjacent to an activating group) is 2. The standard InChI is InChI=1S/C33H44BrN10O2P.C18H30N4O.C15H15BrClN6OP.C7H8O3S/c1-22-17-27(30(46-4)19-29(22)44-11-9-24(10-12-44)43-15-13-41(2)14-16-43)38-33-35-20-25(34)32(39-33)37-26-8-7-23(18-31(26)47(5,6)45)28-21-36-42(3)40-28;1-14-12-16(19)18(23-3)13-17(14)22-6-4-15(5-7-22)21-10-8-20(2)9-11-21;1-23-19-8-12(22-23)9-4-5-11(13(6-9)25(2,3)24)20-14-10(16)7-18-15(17)21-14;1-6-2-4-7(5-3-6)11(8,9)10/h7-8,17-21,24H,9-16H2,1-6H3,(H2,35,37,38,39);12-13,15H,4-11,19H2,1-3H3;4-8H,1-3H3,(H,18,20,21);2-5H,1H3,(H,8,9,10). The lowest BCUT2D eigenvalue weighted by Gasteiger charge is -2.43. The molecular formula is C73H97Br2ClN20O7P2S. The van der Waals surface area contributed by atoms with Gasteiger partial charge in [0.15, 0.2) is 0 Å². The van der Waals surface area contributed by atoms with Crippen LogP contribution >= 0.6 is 57.7 Å². The van der Waals surface area contributed by atoms with Crippen molar-refractivity contribution in [3.63, 3.8) is 0 Å². The molecule has 0 unspecified atom stereocenters. The van der Waals surface area contributed by atoms with Crippen LogP contribution in [0.4, 0.5) is 51.7 Å². The van der Waals surface area contributed by atoms with Gasteiger partial charge in [0.05, 0.1) is 63.2 Å². The molecule has 568 valence electrons. The number of ether oxygens (including phenoxy) is 2. The molecule has 0 aliphatic carbocycles. The van der Waals surface area contributed by atoms with E-state index in [-0.39, 0.29) is 10.2 Å². The Morgan fingerprint density at radius 2 is 0.981 bits per heavy atom. The first-order chi connectivity index (χ1) is 50.3. The van der Waals surface area contributed by atoms with E-state index in [1.165, 1.54) is 104 Å². The summed E-state index contributed by atoms with van der Waals surface area (Å²) in [6.45, 7) is 26.8. The highest BCUT2D eigenvalue weighted by atomic mass is 79.9. The molecule has 4 saturated heterocycles. The smallest absolute Gasteiger partial charge is 0.294 e. The maximum Gasteiger partial charge on any atom is 0.294 e. The molecule has 0 atom stereocenters. The number of aromatic nitrogens is 10. The fourth-order valence-corrected chi connectivity index (χ4v) is 16.8. The van der Waals surface area contributed by atoms with Crippen LogP contribution in [-0.4, -0.2) is 228 Å². The molecule has 9 aromatic rings. The number of nitrogens with zero attached hydrogens (tertiary/aromatic N) is 16. The van der Waals surface area contributed by atoms with Gasteiger partial charge in [-0.05, 0) is 190 Å². The van der Waals surface area contributed by atoms with Crippen molar-refractivity contribution >= 4 is 130 Å². The summed E-state index contributed by atoms with van der Waals surface area (Å²) in [5.74, 6) is 2.96. The van der Waals surface area contributed by atoms with Gasteiger partial charge in [-0.25, -0.2) is 9.97 Å². The van der Waals surface area contributed by atoms with Gasteiger partial charge in [-0.3, -0.25) is 14.4 Å². The Balaban J connectivity index is 0.000000171. The Morgan fingerprint density at radius 3 is 1.41 bits per heavy atom. The average molecular weight is 1660 g/mol. The van der Waals surface area contributed by atoms with Gasteiger partial charge < -0.3 is 59.9 Å². The molecule has 0 amide bonds. The van der Waals surface area contributed by atoms with Crippen LogP contribution in [0.25, 0.3) is 22.5 Å². The number of nitrogens with two attached hydrogens (primary N) is 1. The Hall–Kier alpha value is -7.60. The molecular weight excluding hydrogens is 1560 g/mol. The van der Waals surface area contributed by atoms with Gasteiger partial charge >= 0.3 is 0 Å². The van der Waals surface area contributed by atoms with E-state index in [4.69, 9.17) is 36.3 Å². The number of piperidine rings is 2. The quantitative estimate of drug-likeness (QED) is 0.0245. The molecule has 33 heteroatoms. The number of hydrogen-bond donors (Lipinski definition) is 5. The third-order valence-electron chi connectivity index (χ3n) is 19.3. The average Bonchev–Trinajstić information content (AvgIpc) is 1.32. The van der Waals surface area contributed by atoms with Gasteiger partial charge in [-0.1, -0.05) is 29.8 Å². The summed E-state index contributed by atoms with van der Waals surface area (Å²) in [4.78, 5) is 35.5. The Labute approximate surface area is 644 Å². The third-order valence-corrected chi connectivity index (χ3v) is 24.5. The van der Waals surface area contributed by atoms with Crippen LogP contribution in [0.3, 0.4) is 0 Å². The van der Waals surface area contributed by atoms with Crippen molar-refractivity contribution in [2.45, 2.75) is 63.4 Å². The van der Waals surface area contributed by atoms with Gasteiger partial charge in [0, 0.05) is 162 Å². The first kappa shape index (κ1) is 80.9. The molecule has 0 radical (unpaired) electrons. The molecule has 0 spiro atoms. The summed E-state index contributed by atoms with van der Waals surface area (Å²) >= 11 is 12.8. The van der Waals surface area contributed by atoms with Crippen LogP contribution in [0.2, 0.25) is 5.28 Å². The van der Waals surface area contributed by atoms with Gasteiger partial charge in [0.2, 0.25) is 11.2 Å². The molecule has 6 N–H and O–H groups in total. The van der Waals surface area contributed by atoms with Crippen molar-refractivity contribution in [3.8, 4) is 34.0 Å². The van der Waals surface area contributed by atoms with E-state index in [1.807, 2.05) is 49.4 Å². The molecule has 4 aromatic heterocycles. The van der Waals surface area contributed by atoms with E-state index in [2.05, 4.69) is 159 Å². The molecule has 0 saturated carbocycles. The molecule has 4 aliphatic rings. The fourth-order valence-electron chi connectivity index (χ4n) is 13.3. The van der Waals surface area contributed by atoms with Crippen molar-refractivity contribution in [2.75, 3.05) is 165 Å². The number of hydrogen-bond acceptors (Lipinski definition) is 24. The summed E-state index contributed by atoms with van der Waals surface area (Å²) in [6, 6.07) is 27.1. The molecule has 4 fully saturated rings. The minimum Gasteiger partial charge on any atom is -0.495 e. The van der Waals surface area contributed by atoms with E-state index >= 15 is 0 Å². The van der Waals surface area contributed by atoms with E-state index in [9.17, 15) is 17.5 Å². The third kappa shape index (κ3) is 21.4. The first-order valence-corrected chi connectivity index (χ1v) is 43.6. The Morgan fingerprint density at radius 1 is 0.547 bits per heavy atom. The maximum atomic E-state index is 13.4. The summed E-state index contributed by atoms with van der Waals surface area (Å²) in [6.07, 6.45) is 11.5. The number of rotatable bonds is 17. The molecule has 5 aromatic carbocycles. The first-order valence-electron chi connectivity index (χ1n) is 35.0. The molecule has 8 heterocycles. The largest absolute Gasteiger partial charge is 0.495 e. The SMILES string of the molecule is COc1cc(N2CCC(N3CCN(C)CC3)CC2)c(C)cc1N.COc1cc(N2CCC(N3CCN(C)CC3)CC2)c(C)cc1Nc1ncc(Br)c(Nc2ccc(-c3cnn(C)n3)cc2P(C)(C)=O)n1.Cc1ccc(S(=O)(=O)O)cc1.Cn1ncc(-c2ccc(Nc3nc(Cl)ncc3Br)c(P(C)(C)=O)c2)n1. The highest BCUT2D eigenvalue weighted by Gasteiger charge is 2.31. The highest BCUT2D eigenvalue weighted by molar-refractivity contribution is 9.11. The zero-order chi connectivity index (χ0) is 76.4. The lowest BCUT2D eigenvalue weighted by molar-refractivity contribution is 0.0982. The summed E-state index contributed by atoms with van der Waals surface area (Å²) < 4.78 is 68.3. The van der Waals surface area contributed by atoms with Crippen molar-refractivity contribution in [2.24, 2.45) is 14.1 Å². The van der Waals surface area contributed by atoms with Crippen LogP contribution in [0, 0.1) is 20.8 Å². The lowest BCUT2D eigenvalue weighted by Crippen LogP contribution is -2.52. The van der Waals surface area contributed by atoms with Crippen molar-refractivity contribution in [1.29, 1.82) is 0 Å². The molecule has 106 heavy (non-hydrogen) atoms. The fraction of sp³-hybridized carbons (Fsp3) is 0.425. The predicted octanol–water partition coefficient (Wildman–Crippen LogP) is 12.0. The van der Waals surface area contributed by atoms with E-state index < -0.39 is 24.4 Å². The zero-order valence-electron chi connectivity index (χ0n) is 62.4. The van der Waals surface area contributed by atoms with Crippen LogP contribution in [0.5, 0.6) is 11.5 Å². The van der Waals surface area contributed by atoms with Crippen LogP contribution < -0.4 is 51.6 Å². The Kier molecular flexibility index (Phi) is 27.2. The molecule has 13 rings (SSSR count). The van der Waals surface area contributed by atoms with Crippen LogP contribution in [-0.2, 0) is 33.3 Å². The van der Waals surface area contributed by atoms with Gasteiger partial charge in [-0.2, -0.15) is 48.4 Å². The normalized spacial score (nSPS) is 16.0. The van der Waals surface area contributed by atoms with E-state index in [0.29, 0.717) is 60.2 Å². The minimum absolute atomic E-state index is 0.0666. The monoisotopic (exact) mass is 1650 g/mol. The van der Waals surface area contributed by atoms with Gasteiger partial charge in [-0.15, -0.1) is 0 Å². The molecule has 0 bridgehead atoms. The summed E-state index contributed by atoms with van der Waals surface area (Å²) in [5.41, 5.74) is 17.9. The lowest BCUT2D eigenvalue weighted by atomic mass is 10.0. The maximum absolute atomic E-state index is 13.4. The van der Waals surface area contributed by atoms with Crippen molar-refractivity contribution in [1.82, 2.24) is 69.5 Å². The van der Waals surface area contributed by atoms with Crippen molar-refractivity contribution in [3.05, 3.63) is 141 Å².